The second-order valence-electron chi connectivity index (χ2n) is 4.93. The number of nitrogens with two attached hydrogens (primary N) is 1. The Labute approximate surface area is 135 Å². The van der Waals surface area contributed by atoms with Crippen LogP contribution in [0.1, 0.15) is 17.7 Å². The molecule has 0 fully saturated rings. The van der Waals surface area contributed by atoms with Crippen molar-refractivity contribution in [2.24, 2.45) is 0 Å². The minimum Gasteiger partial charge on any atom is -0.497 e. The lowest BCUT2D eigenvalue weighted by atomic mass is 10.2. The highest BCUT2D eigenvalue weighted by molar-refractivity contribution is 5.51. The van der Waals surface area contributed by atoms with E-state index in [1.165, 1.54) is 6.20 Å². The standard InChI is InChI=1S/C17H19N5O/c1-3-4-9-22(12-13-5-7-14(23-2)8-6-13)17-20-11-15(19)16(10-18)21-17/h3,5-8,11H,1,4,9,12,19H2,2H3. The van der Waals surface area contributed by atoms with Crippen molar-refractivity contribution in [3.63, 3.8) is 0 Å². The monoisotopic (exact) mass is 309 g/mol. The quantitative estimate of drug-likeness (QED) is 0.791. The second-order valence-corrected chi connectivity index (χ2v) is 4.93. The molecule has 1 heterocycles. The van der Waals surface area contributed by atoms with Gasteiger partial charge in [0.2, 0.25) is 5.95 Å². The van der Waals surface area contributed by atoms with Crippen LogP contribution in [0.5, 0.6) is 5.75 Å². The highest BCUT2D eigenvalue weighted by atomic mass is 16.5. The third kappa shape index (κ3) is 4.20. The van der Waals surface area contributed by atoms with E-state index in [0.29, 0.717) is 19.0 Å². The van der Waals surface area contributed by atoms with Crippen LogP contribution in [0, 0.1) is 11.3 Å². The molecular formula is C17H19N5O. The van der Waals surface area contributed by atoms with Gasteiger partial charge in [-0.05, 0) is 24.1 Å². The van der Waals surface area contributed by atoms with Crippen molar-refractivity contribution in [1.82, 2.24) is 9.97 Å². The zero-order valence-corrected chi connectivity index (χ0v) is 13.1. The molecule has 0 spiro atoms. The Balaban J connectivity index is 2.25. The smallest absolute Gasteiger partial charge is 0.227 e. The van der Waals surface area contributed by atoms with E-state index in [2.05, 4.69) is 16.5 Å². The highest BCUT2D eigenvalue weighted by Crippen LogP contribution is 2.18. The molecule has 0 amide bonds. The minimum atomic E-state index is 0.188. The van der Waals surface area contributed by atoms with Crippen LogP contribution in [0.15, 0.2) is 43.1 Å². The van der Waals surface area contributed by atoms with Gasteiger partial charge in [0.1, 0.15) is 11.8 Å². The van der Waals surface area contributed by atoms with E-state index in [-0.39, 0.29) is 11.4 Å². The van der Waals surface area contributed by atoms with Gasteiger partial charge in [-0.3, -0.25) is 0 Å². The van der Waals surface area contributed by atoms with Gasteiger partial charge in [-0.2, -0.15) is 10.2 Å². The molecule has 118 valence electrons. The van der Waals surface area contributed by atoms with Gasteiger partial charge < -0.3 is 15.4 Å². The van der Waals surface area contributed by atoms with E-state index >= 15 is 0 Å². The summed E-state index contributed by atoms with van der Waals surface area (Å²) in [6.07, 6.45) is 4.09. The maximum absolute atomic E-state index is 9.08. The molecule has 2 rings (SSSR count). The summed E-state index contributed by atoms with van der Waals surface area (Å²) in [5.41, 5.74) is 7.25. The number of anilines is 2. The molecule has 23 heavy (non-hydrogen) atoms. The maximum Gasteiger partial charge on any atom is 0.227 e. The van der Waals surface area contributed by atoms with Crippen LogP contribution in [0.3, 0.4) is 0 Å². The number of hydrogen-bond donors (Lipinski definition) is 1. The molecule has 0 unspecified atom stereocenters. The topological polar surface area (TPSA) is 88.1 Å². The number of aromatic nitrogens is 2. The van der Waals surface area contributed by atoms with Crippen molar-refractivity contribution >= 4 is 11.6 Å². The fourth-order valence-corrected chi connectivity index (χ4v) is 2.07. The molecule has 0 bridgehead atoms. The number of nitrogens with zero attached hydrogens (tertiary/aromatic N) is 4. The Kier molecular flexibility index (Phi) is 5.53. The molecule has 1 aromatic carbocycles. The summed E-state index contributed by atoms with van der Waals surface area (Å²) in [7, 11) is 1.64. The molecule has 6 nitrogen and oxygen atoms in total. The number of hydrogen-bond acceptors (Lipinski definition) is 6. The van der Waals surface area contributed by atoms with Crippen LogP contribution in [0.4, 0.5) is 11.6 Å². The molecule has 0 saturated carbocycles. The maximum atomic E-state index is 9.08. The Morgan fingerprint density at radius 1 is 1.39 bits per heavy atom. The molecule has 0 aliphatic heterocycles. The first kappa shape index (κ1) is 16.3. The van der Waals surface area contributed by atoms with Crippen molar-refractivity contribution in [1.29, 1.82) is 5.26 Å². The lowest BCUT2D eigenvalue weighted by Gasteiger charge is -2.22. The van der Waals surface area contributed by atoms with Gasteiger partial charge in [0, 0.05) is 13.1 Å². The molecule has 0 radical (unpaired) electrons. The van der Waals surface area contributed by atoms with E-state index in [4.69, 9.17) is 15.7 Å². The summed E-state index contributed by atoms with van der Waals surface area (Å²) in [5.74, 6) is 1.29. The largest absolute Gasteiger partial charge is 0.497 e. The predicted molar refractivity (Wildman–Crippen MR) is 90.0 cm³/mol. The van der Waals surface area contributed by atoms with E-state index in [1.807, 2.05) is 41.3 Å². The molecule has 2 aromatic rings. The molecule has 1 aromatic heterocycles. The number of nitrogen functional groups attached to an aromatic ring is 1. The molecule has 2 N–H and O–H groups in total. The summed E-state index contributed by atoms with van der Waals surface area (Å²) in [4.78, 5) is 10.5. The summed E-state index contributed by atoms with van der Waals surface area (Å²) in [5, 5.41) is 9.08. The molecule has 0 saturated heterocycles. The van der Waals surface area contributed by atoms with Crippen LogP contribution < -0.4 is 15.4 Å². The fraction of sp³-hybridized carbons (Fsp3) is 0.235. The average molecular weight is 309 g/mol. The lowest BCUT2D eigenvalue weighted by Crippen LogP contribution is -2.26. The minimum absolute atomic E-state index is 0.188. The van der Waals surface area contributed by atoms with Gasteiger partial charge in [-0.15, -0.1) is 6.58 Å². The van der Waals surface area contributed by atoms with E-state index in [9.17, 15) is 0 Å². The Morgan fingerprint density at radius 3 is 2.74 bits per heavy atom. The van der Waals surface area contributed by atoms with Crippen molar-refractivity contribution in [3.05, 3.63) is 54.4 Å². The second kappa shape index (κ2) is 7.80. The first-order chi connectivity index (χ1) is 11.2. The predicted octanol–water partition coefficient (Wildman–Crippen LogP) is 2.52. The average Bonchev–Trinajstić information content (AvgIpc) is 2.59. The van der Waals surface area contributed by atoms with Crippen LogP contribution >= 0.6 is 0 Å². The summed E-state index contributed by atoms with van der Waals surface area (Å²) < 4.78 is 5.17. The zero-order chi connectivity index (χ0) is 16.7. The van der Waals surface area contributed by atoms with Crippen LogP contribution in [-0.4, -0.2) is 23.6 Å². The number of rotatable bonds is 7. The summed E-state index contributed by atoms with van der Waals surface area (Å²) in [6.45, 7) is 5.06. The van der Waals surface area contributed by atoms with E-state index in [0.717, 1.165) is 17.7 Å². The fourth-order valence-electron chi connectivity index (χ4n) is 2.07. The SMILES string of the molecule is C=CCCN(Cc1ccc(OC)cc1)c1ncc(N)c(C#N)n1. The van der Waals surface area contributed by atoms with Crippen molar-refractivity contribution in [3.8, 4) is 11.8 Å². The van der Waals surface area contributed by atoms with Crippen LogP contribution in [0.2, 0.25) is 0 Å². The van der Waals surface area contributed by atoms with Gasteiger partial charge in [0.05, 0.1) is 19.0 Å². The number of nitriles is 1. The van der Waals surface area contributed by atoms with Gasteiger partial charge in [0.25, 0.3) is 0 Å². The van der Waals surface area contributed by atoms with Gasteiger partial charge in [0.15, 0.2) is 5.69 Å². The molecule has 6 heteroatoms. The van der Waals surface area contributed by atoms with Crippen molar-refractivity contribution in [2.75, 3.05) is 24.3 Å². The lowest BCUT2D eigenvalue weighted by molar-refractivity contribution is 0.414. The highest BCUT2D eigenvalue weighted by Gasteiger charge is 2.12. The van der Waals surface area contributed by atoms with Gasteiger partial charge in [-0.1, -0.05) is 18.2 Å². The number of ether oxygens (including phenoxy) is 1. The molecule has 0 atom stereocenters. The summed E-state index contributed by atoms with van der Waals surface area (Å²) in [6, 6.07) is 9.78. The van der Waals surface area contributed by atoms with Gasteiger partial charge in [-0.25, -0.2) is 4.98 Å². The van der Waals surface area contributed by atoms with Crippen molar-refractivity contribution < 1.29 is 4.74 Å². The zero-order valence-electron chi connectivity index (χ0n) is 13.1. The van der Waals surface area contributed by atoms with Crippen LogP contribution in [0.25, 0.3) is 0 Å². The van der Waals surface area contributed by atoms with Crippen molar-refractivity contribution in [2.45, 2.75) is 13.0 Å². The Hall–Kier alpha value is -3.07. The third-order valence-corrected chi connectivity index (χ3v) is 3.33. The third-order valence-electron chi connectivity index (χ3n) is 3.33. The molecular weight excluding hydrogens is 290 g/mol. The van der Waals surface area contributed by atoms with Gasteiger partial charge >= 0.3 is 0 Å². The van der Waals surface area contributed by atoms with Crippen LogP contribution in [-0.2, 0) is 6.54 Å². The Bertz CT molecular complexity index is 706. The molecule has 0 aliphatic rings. The summed E-state index contributed by atoms with van der Waals surface area (Å²) >= 11 is 0. The first-order valence-corrected chi connectivity index (χ1v) is 7.19. The number of methoxy groups -OCH3 is 1. The first-order valence-electron chi connectivity index (χ1n) is 7.19. The van der Waals surface area contributed by atoms with E-state index in [1.54, 1.807) is 7.11 Å². The Morgan fingerprint density at radius 2 is 2.13 bits per heavy atom. The normalized spacial score (nSPS) is 9.91. The number of benzene rings is 1. The van der Waals surface area contributed by atoms with E-state index < -0.39 is 0 Å². The molecule has 0 aliphatic carbocycles.